The second-order valence-corrected chi connectivity index (χ2v) is 6.26. The van der Waals surface area contributed by atoms with Gasteiger partial charge in [0.05, 0.1) is 17.2 Å². The number of nitrogens with zero attached hydrogens (tertiary/aromatic N) is 2. The first-order valence-electron chi connectivity index (χ1n) is 6.91. The summed E-state index contributed by atoms with van der Waals surface area (Å²) in [6.07, 6.45) is 1.15. The van der Waals surface area contributed by atoms with E-state index in [0.717, 1.165) is 31.2 Å². The van der Waals surface area contributed by atoms with Gasteiger partial charge < -0.3 is 10.6 Å². The Balaban J connectivity index is 2.36. The van der Waals surface area contributed by atoms with Crippen LogP contribution in [0, 0.1) is 5.92 Å². The number of nitrogens with one attached hydrogen (secondary N) is 2. The number of hydrogen-bond donors (Lipinski definition) is 2. The van der Waals surface area contributed by atoms with Crippen molar-refractivity contribution >= 4 is 17.3 Å². The van der Waals surface area contributed by atoms with Crippen molar-refractivity contribution < 1.29 is 0 Å². The molecule has 0 aliphatic rings. The zero-order valence-electron chi connectivity index (χ0n) is 12.7. The highest BCUT2D eigenvalue weighted by Gasteiger charge is 2.06. The van der Waals surface area contributed by atoms with Gasteiger partial charge in [-0.25, -0.2) is 4.98 Å². The molecule has 0 radical (unpaired) electrons. The first-order chi connectivity index (χ1) is 9.02. The van der Waals surface area contributed by atoms with Gasteiger partial charge in [0.1, 0.15) is 0 Å². The number of thiazole rings is 1. The van der Waals surface area contributed by atoms with Crippen molar-refractivity contribution in [1.29, 1.82) is 0 Å². The minimum atomic E-state index is 0.502. The Morgan fingerprint density at radius 3 is 2.58 bits per heavy atom. The van der Waals surface area contributed by atoms with Gasteiger partial charge in [-0.2, -0.15) is 0 Å². The van der Waals surface area contributed by atoms with Crippen LogP contribution in [0.15, 0.2) is 10.4 Å². The third kappa shape index (κ3) is 6.05. The summed E-state index contributed by atoms with van der Waals surface area (Å²) in [6, 6.07) is 0. The number of aromatic nitrogens is 1. The molecule has 108 valence electrons. The molecule has 0 saturated carbocycles. The second kappa shape index (κ2) is 8.15. The molecule has 1 rings (SSSR count). The van der Waals surface area contributed by atoms with Crippen molar-refractivity contribution in [2.24, 2.45) is 10.9 Å². The molecular weight excluding hydrogens is 256 g/mol. The molecule has 1 aromatic rings. The first kappa shape index (κ1) is 16.0. The third-order valence-electron chi connectivity index (χ3n) is 2.74. The average molecular weight is 282 g/mol. The Bertz CT molecular complexity index is 396. The van der Waals surface area contributed by atoms with Gasteiger partial charge in [-0.15, -0.1) is 11.3 Å². The van der Waals surface area contributed by atoms with Crippen LogP contribution < -0.4 is 10.6 Å². The predicted octanol–water partition coefficient (Wildman–Crippen LogP) is 2.98. The molecule has 0 fully saturated rings. The van der Waals surface area contributed by atoms with Gasteiger partial charge in [0.2, 0.25) is 0 Å². The molecule has 1 aromatic heterocycles. The van der Waals surface area contributed by atoms with E-state index in [0.29, 0.717) is 11.8 Å². The van der Waals surface area contributed by atoms with Crippen LogP contribution in [0.5, 0.6) is 0 Å². The number of hydrogen-bond acceptors (Lipinski definition) is 3. The van der Waals surface area contributed by atoms with Crippen LogP contribution in [0.1, 0.15) is 50.7 Å². The molecule has 0 saturated heterocycles. The monoisotopic (exact) mass is 282 g/mol. The molecule has 0 unspecified atom stereocenters. The topological polar surface area (TPSA) is 49.3 Å². The van der Waals surface area contributed by atoms with Gasteiger partial charge >= 0.3 is 0 Å². The van der Waals surface area contributed by atoms with E-state index in [4.69, 9.17) is 0 Å². The Hall–Kier alpha value is -1.10. The van der Waals surface area contributed by atoms with Crippen LogP contribution in [0.3, 0.4) is 0 Å². The maximum Gasteiger partial charge on any atom is 0.191 e. The third-order valence-corrected chi connectivity index (χ3v) is 3.93. The van der Waals surface area contributed by atoms with E-state index >= 15 is 0 Å². The van der Waals surface area contributed by atoms with E-state index in [1.807, 2.05) is 0 Å². The van der Waals surface area contributed by atoms with Crippen LogP contribution >= 0.6 is 11.3 Å². The number of rotatable bonds is 6. The maximum atomic E-state index is 4.60. The Morgan fingerprint density at radius 1 is 1.32 bits per heavy atom. The van der Waals surface area contributed by atoms with Crippen LogP contribution in [-0.2, 0) is 6.54 Å². The molecule has 5 heteroatoms. The molecule has 0 aliphatic carbocycles. The fraction of sp³-hybridized carbons (Fsp3) is 0.714. The first-order valence-corrected chi connectivity index (χ1v) is 7.79. The van der Waals surface area contributed by atoms with Gasteiger partial charge in [0.15, 0.2) is 5.96 Å². The van der Waals surface area contributed by atoms with Gasteiger partial charge in [-0.3, -0.25) is 4.99 Å². The standard InChI is InChI=1S/C14H26N4S/c1-10(2)6-7-16-14(15-5)17-8-12-9-19-13(18-12)11(3)4/h9-11H,6-8H2,1-5H3,(H2,15,16,17). The fourth-order valence-electron chi connectivity index (χ4n) is 1.54. The van der Waals surface area contributed by atoms with Crippen LogP contribution in [0.25, 0.3) is 0 Å². The summed E-state index contributed by atoms with van der Waals surface area (Å²) in [5.41, 5.74) is 1.08. The number of guanidine groups is 1. The highest BCUT2D eigenvalue weighted by Crippen LogP contribution is 2.18. The minimum Gasteiger partial charge on any atom is -0.356 e. The lowest BCUT2D eigenvalue weighted by atomic mass is 10.1. The van der Waals surface area contributed by atoms with Crippen molar-refractivity contribution in [3.8, 4) is 0 Å². The average Bonchev–Trinajstić information content (AvgIpc) is 2.82. The summed E-state index contributed by atoms with van der Waals surface area (Å²) >= 11 is 1.73. The van der Waals surface area contributed by atoms with Crippen molar-refractivity contribution in [3.05, 3.63) is 16.1 Å². The largest absolute Gasteiger partial charge is 0.356 e. The molecule has 0 aromatic carbocycles. The smallest absolute Gasteiger partial charge is 0.191 e. The van der Waals surface area contributed by atoms with Crippen molar-refractivity contribution in [2.75, 3.05) is 13.6 Å². The van der Waals surface area contributed by atoms with Gasteiger partial charge in [-0.1, -0.05) is 27.7 Å². The minimum absolute atomic E-state index is 0.502. The lowest BCUT2D eigenvalue weighted by Crippen LogP contribution is -2.37. The molecule has 19 heavy (non-hydrogen) atoms. The summed E-state index contributed by atoms with van der Waals surface area (Å²) in [4.78, 5) is 8.81. The Morgan fingerprint density at radius 2 is 2.05 bits per heavy atom. The normalized spacial score (nSPS) is 12.3. The number of aliphatic imine (C=N–C) groups is 1. The van der Waals surface area contributed by atoms with Gasteiger partial charge in [-0.05, 0) is 12.3 Å². The summed E-state index contributed by atoms with van der Waals surface area (Å²) < 4.78 is 0. The van der Waals surface area contributed by atoms with Crippen molar-refractivity contribution in [3.63, 3.8) is 0 Å². The molecule has 0 atom stereocenters. The zero-order valence-corrected chi connectivity index (χ0v) is 13.5. The quantitative estimate of drug-likeness (QED) is 0.623. The molecule has 2 N–H and O–H groups in total. The second-order valence-electron chi connectivity index (χ2n) is 5.37. The Labute approximate surface area is 120 Å². The summed E-state index contributed by atoms with van der Waals surface area (Å²) in [5.74, 6) is 2.06. The summed E-state index contributed by atoms with van der Waals surface area (Å²) in [7, 11) is 1.80. The fourth-order valence-corrected chi connectivity index (χ4v) is 2.38. The van der Waals surface area contributed by atoms with Crippen LogP contribution in [-0.4, -0.2) is 24.5 Å². The zero-order chi connectivity index (χ0) is 14.3. The van der Waals surface area contributed by atoms with E-state index in [1.54, 1.807) is 18.4 Å². The lowest BCUT2D eigenvalue weighted by Gasteiger charge is -2.12. The molecule has 0 aliphatic heterocycles. The molecule has 0 amide bonds. The molecule has 0 spiro atoms. The van der Waals surface area contributed by atoms with Gasteiger partial charge in [0, 0.05) is 24.9 Å². The molecular formula is C14H26N4S. The summed E-state index contributed by atoms with van der Waals surface area (Å²) in [6.45, 7) is 10.5. The van der Waals surface area contributed by atoms with E-state index in [9.17, 15) is 0 Å². The van der Waals surface area contributed by atoms with Crippen LogP contribution in [0.4, 0.5) is 0 Å². The van der Waals surface area contributed by atoms with E-state index in [1.165, 1.54) is 5.01 Å². The highest BCUT2D eigenvalue weighted by atomic mass is 32.1. The molecule has 4 nitrogen and oxygen atoms in total. The predicted molar refractivity (Wildman–Crippen MR) is 83.9 cm³/mol. The van der Waals surface area contributed by atoms with Gasteiger partial charge in [0.25, 0.3) is 0 Å². The highest BCUT2D eigenvalue weighted by molar-refractivity contribution is 7.09. The maximum absolute atomic E-state index is 4.60. The SMILES string of the molecule is CN=C(NCCC(C)C)NCc1csc(C(C)C)n1. The lowest BCUT2D eigenvalue weighted by molar-refractivity contribution is 0.573. The molecule has 0 bridgehead atoms. The van der Waals surface area contributed by atoms with E-state index in [-0.39, 0.29) is 0 Å². The van der Waals surface area contributed by atoms with E-state index in [2.05, 4.69) is 53.7 Å². The van der Waals surface area contributed by atoms with Crippen LogP contribution in [0.2, 0.25) is 0 Å². The molecule has 1 heterocycles. The Kier molecular flexibility index (Phi) is 6.84. The van der Waals surface area contributed by atoms with E-state index < -0.39 is 0 Å². The van der Waals surface area contributed by atoms with Crippen molar-refractivity contribution in [1.82, 2.24) is 15.6 Å². The van der Waals surface area contributed by atoms with Crippen molar-refractivity contribution in [2.45, 2.75) is 46.6 Å². The summed E-state index contributed by atoms with van der Waals surface area (Å²) in [5, 5.41) is 9.92.